The number of aliphatic carboxylic acids is 1. The third kappa shape index (κ3) is 1.52. The van der Waals surface area contributed by atoms with E-state index in [0.29, 0.717) is 10.3 Å². The Labute approximate surface area is 85.0 Å². The highest BCUT2D eigenvalue weighted by atomic mass is 16.4. The molecule has 76 valence electrons. The van der Waals surface area contributed by atoms with Crippen LogP contribution in [0.5, 0.6) is 0 Å². The number of carbonyl (C=O) groups excluding carboxylic acids is 1. The molecule has 5 nitrogen and oxygen atoms in total. The molecule has 15 heavy (non-hydrogen) atoms. The molecule has 1 aliphatic carbocycles. The van der Waals surface area contributed by atoms with E-state index in [4.69, 9.17) is 5.11 Å². The lowest BCUT2D eigenvalue weighted by atomic mass is 10.0. The average Bonchev–Trinajstić information content (AvgIpc) is 2.46. The zero-order valence-corrected chi connectivity index (χ0v) is 7.77. The molecule has 1 heterocycles. The maximum atomic E-state index is 11.5. The molecule has 0 saturated carbocycles. The van der Waals surface area contributed by atoms with E-state index in [2.05, 4.69) is 0 Å². The van der Waals surface area contributed by atoms with Crippen molar-refractivity contribution < 1.29 is 19.5 Å². The topological polar surface area (TPSA) is 74.4 Å². The van der Waals surface area contributed by atoms with E-state index >= 15 is 0 Å². The van der Waals surface area contributed by atoms with Gasteiger partial charge >= 0.3 is 5.97 Å². The largest absolute Gasteiger partial charge is 0.481 e. The van der Waals surface area contributed by atoms with Gasteiger partial charge in [-0.3, -0.25) is 9.59 Å². The van der Waals surface area contributed by atoms with Crippen LogP contribution in [0.25, 0.3) is 0 Å². The Kier molecular flexibility index (Phi) is 2.07. The first-order chi connectivity index (χ1) is 7.09. The summed E-state index contributed by atoms with van der Waals surface area (Å²) in [6, 6.07) is 0. The molecule has 0 spiro atoms. The van der Waals surface area contributed by atoms with E-state index < -0.39 is 5.97 Å². The van der Waals surface area contributed by atoms with E-state index in [0.717, 1.165) is 0 Å². The average molecular weight is 206 g/mol. The smallest absolute Gasteiger partial charge is 0.314 e. The van der Waals surface area contributed by atoms with Crippen LogP contribution in [-0.2, 0) is 9.59 Å². The lowest BCUT2D eigenvalue weighted by Gasteiger charge is -1.97. The molecular weight excluding hydrogens is 198 g/mol. The second-order valence-electron chi connectivity index (χ2n) is 3.33. The second-order valence-corrected chi connectivity index (χ2v) is 3.33. The number of rotatable bonds is 2. The van der Waals surface area contributed by atoms with Crippen LogP contribution in [0.15, 0.2) is 35.2 Å². The second kappa shape index (κ2) is 3.27. The van der Waals surface area contributed by atoms with Gasteiger partial charge < -0.3 is 5.11 Å². The quantitative estimate of drug-likeness (QED) is 0.681. The van der Waals surface area contributed by atoms with Crippen LogP contribution in [0.1, 0.15) is 12.8 Å². The highest BCUT2D eigenvalue weighted by Gasteiger charge is 2.38. The van der Waals surface area contributed by atoms with Crippen molar-refractivity contribution in [3.05, 3.63) is 40.1 Å². The fourth-order valence-electron chi connectivity index (χ4n) is 1.61. The molecule has 0 radical (unpaired) electrons. The number of carboxylic acid groups (broad SMARTS) is 1. The molecule has 1 aliphatic heterocycles. The van der Waals surface area contributed by atoms with Gasteiger partial charge in [-0.15, -0.1) is 0 Å². The summed E-state index contributed by atoms with van der Waals surface area (Å²) in [4.78, 5) is 33.4. The molecule has 0 unspecified atom stereocenters. The van der Waals surface area contributed by atoms with Crippen LogP contribution >= 0.6 is 0 Å². The molecule has 0 saturated heterocycles. The zero-order chi connectivity index (χ0) is 11.0. The Morgan fingerprint density at radius 2 is 2.27 bits per heavy atom. The maximum Gasteiger partial charge on any atom is 0.314 e. The molecule has 0 aromatic heterocycles. The lowest BCUT2D eigenvalue weighted by Crippen LogP contribution is -2.09. The van der Waals surface area contributed by atoms with Crippen molar-refractivity contribution in [3.8, 4) is 0 Å². The van der Waals surface area contributed by atoms with Crippen molar-refractivity contribution in [2.45, 2.75) is 12.8 Å². The number of nitrogens with zero attached hydrogens (tertiary/aromatic N) is 1. The minimum atomic E-state index is -1.08. The van der Waals surface area contributed by atoms with E-state index in [1.807, 2.05) is 0 Å². The number of hydrogen-bond donors (Lipinski definition) is 1. The van der Waals surface area contributed by atoms with Gasteiger partial charge in [0.1, 0.15) is 12.0 Å². The monoisotopic (exact) mass is 206 g/mol. The molecule has 2 aliphatic rings. The molecule has 0 fully saturated rings. The number of carbonyl (C=O) groups is 2. The van der Waals surface area contributed by atoms with Crippen molar-refractivity contribution in [1.82, 2.24) is 0 Å². The van der Waals surface area contributed by atoms with Gasteiger partial charge in [0.2, 0.25) is 0 Å². The first kappa shape index (κ1) is 9.51. The summed E-state index contributed by atoms with van der Waals surface area (Å²) in [6.07, 6.45) is 4.42. The minimum absolute atomic E-state index is 0.104. The van der Waals surface area contributed by atoms with Crippen LogP contribution in [0, 0.1) is 4.91 Å². The maximum absolute atomic E-state index is 11.5. The Morgan fingerprint density at radius 1 is 1.53 bits per heavy atom. The van der Waals surface area contributed by atoms with Gasteiger partial charge in [0, 0.05) is 23.5 Å². The van der Waals surface area contributed by atoms with Crippen LogP contribution in [0.4, 0.5) is 0 Å². The fraction of sp³-hybridized carbons (Fsp3) is 0.200. The van der Waals surface area contributed by atoms with Gasteiger partial charge in [-0.25, -0.2) is 0 Å². The van der Waals surface area contributed by atoms with Crippen LogP contribution in [-0.4, -0.2) is 21.6 Å². The highest BCUT2D eigenvalue weighted by Crippen LogP contribution is 2.28. The van der Waals surface area contributed by atoms with Gasteiger partial charge in [0.05, 0.1) is 4.76 Å². The fourth-order valence-corrected chi connectivity index (χ4v) is 1.61. The Morgan fingerprint density at radius 3 is 2.87 bits per heavy atom. The molecule has 2 rings (SSSR count). The summed E-state index contributed by atoms with van der Waals surface area (Å²) in [5.74, 6) is -1.23. The van der Waals surface area contributed by atoms with Crippen molar-refractivity contribution in [2.24, 2.45) is 0 Å². The van der Waals surface area contributed by atoms with Gasteiger partial charge in [0.25, 0.3) is 11.4 Å². The molecule has 0 amide bonds. The van der Waals surface area contributed by atoms with Crippen molar-refractivity contribution in [3.63, 3.8) is 0 Å². The van der Waals surface area contributed by atoms with Crippen LogP contribution < -0.4 is 0 Å². The molecule has 5 heteroatoms. The third-order valence-corrected chi connectivity index (χ3v) is 2.28. The van der Waals surface area contributed by atoms with Gasteiger partial charge in [-0.05, 0) is 0 Å². The number of hydrogen-bond acceptors (Lipinski definition) is 3. The van der Waals surface area contributed by atoms with Crippen molar-refractivity contribution in [2.75, 3.05) is 0 Å². The summed E-state index contributed by atoms with van der Waals surface area (Å²) < 4.78 is 0.511. The standard InChI is InChI=1S/C10H7NO4/c12-9-3-1-2-8-7(9)4-6(11(8)15)5-10(13)14/h1-2,4H,3,5H2/p+1. The number of ketones is 1. The molecule has 0 atom stereocenters. The molecule has 1 N–H and O–H groups in total. The summed E-state index contributed by atoms with van der Waals surface area (Å²) in [7, 11) is 0. The summed E-state index contributed by atoms with van der Waals surface area (Å²) in [6.45, 7) is 0. The van der Waals surface area contributed by atoms with Gasteiger partial charge in [0.15, 0.2) is 5.78 Å². The summed E-state index contributed by atoms with van der Waals surface area (Å²) in [5, 5.41) is 8.56. The molecule has 0 aromatic rings. The zero-order valence-electron chi connectivity index (χ0n) is 7.77. The third-order valence-electron chi connectivity index (χ3n) is 2.28. The normalized spacial score (nSPS) is 19.3. The molecule has 0 aromatic carbocycles. The van der Waals surface area contributed by atoms with E-state index in [1.54, 1.807) is 12.2 Å². The minimum Gasteiger partial charge on any atom is -0.481 e. The summed E-state index contributed by atoms with van der Waals surface area (Å²) >= 11 is 0. The number of nitroso groups, excluding NO2 is 1. The Hall–Kier alpha value is -2.04. The van der Waals surface area contributed by atoms with E-state index in [9.17, 15) is 14.5 Å². The Balaban J connectivity index is 2.34. The predicted molar refractivity (Wildman–Crippen MR) is 49.8 cm³/mol. The number of allylic oxidation sites excluding steroid dienone is 4. The molecule has 0 bridgehead atoms. The van der Waals surface area contributed by atoms with Gasteiger partial charge in [-0.2, -0.15) is 0 Å². The lowest BCUT2D eigenvalue weighted by molar-refractivity contribution is -0.438. The van der Waals surface area contributed by atoms with E-state index in [1.165, 1.54) is 6.08 Å². The predicted octanol–water partition coefficient (Wildman–Crippen LogP) is 0.921. The van der Waals surface area contributed by atoms with Crippen LogP contribution in [0.2, 0.25) is 0 Å². The van der Waals surface area contributed by atoms with Crippen molar-refractivity contribution in [1.29, 1.82) is 0 Å². The SMILES string of the molecule is O=C(O)CC1=CC2=C(C=CCC2=O)[N+]1=O. The first-order valence-corrected chi connectivity index (χ1v) is 4.43. The number of Topliss-reactive ketones (excluding diaryl/α,β-unsaturated/α-hetero) is 1. The molecular formula is C10H8NO4+. The van der Waals surface area contributed by atoms with Crippen LogP contribution in [0.3, 0.4) is 0 Å². The highest BCUT2D eigenvalue weighted by molar-refractivity contribution is 6.01. The summed E-state index contributed by atoms with van der Waals surface area (Å²) in [5.41, 5.74) is 0.679. The van der Waals surface area contributed by atoms with E-state index in [-0.39, 0.29) is 30.0 Å². The Bertz CT molecular complexity index is 468. The number of carboxylic acids is 1. The van der Waals surface area contributed by atoms with Gasteiger partial charge in [-0.1, -0.05) is 6.08 Å². The first-order valence-electron chi connectivity index (χ1n) is 4.43. The van der Waals surface area contributed by atoms with Crippen molar-refractivity contribution >= 4 is 11.8 Å².